The first-order valence-corrected chi connectivity index (χ1v) is 12.3. The van der Waals surface area contributed by atoms with Gasteiger partial charge in [0.15, 0.2) is 0 Å². The molecule has 0 fully saturated rings. The number of hydrogen-bond acceptors (Lipinski definition) is 4. The molecule has 2 aromatic carbocycles. The fourth-order valence-corrected chi connectivity index (χ4v) is 12.5. The van der Waals surface area contributed by atoms with E-state index in [1.54, 1.807) is 24.3 Å². The van der Waals surface area contributed by atoms with Crippen molar-refractivity contribution in [1.82, 2.24) is 0 Å². The number of benzene rings is 2. The highest BCUT2D eigenvalue weighted by molar-refractivity contribution is 9.24. The third-order valence-electron chi connectivity index (χ3n) is 2.45. The van der Waals surface area contributed by atoms with Gasteiger partial charge in [-0.15, -0.1) is 0 Å². The molecular weight excluding hydrogens is 328 g/mol. The zero-order valence-electron chi connectivity index (χ0n) is 10.6. The van der Waals surface area contributed by atoms with E-state index in [1.807, 2.05) is 36.4 Å². The summed E-state index contributed by atoms with van der Waals surface area (Å²) >= 11 is 0. The second-order valence-electron chi connectivity index (χ2n) is 3.99. The van der Waals surface area contributed by atoms with Crippen molar-refractivity contribution in [3.8, 4) is 0 Å². The Balaban J connectivity index is 2.17. The van der Waals surface area contributed by atoms with E-state index >= 15 is 0 Å². The van der Waals surface area contributed by atoms with Gasteiger partial charge >= 0.3 is 0 Å². The highest BCUT2D eigenvalue weighted by Gasteiger charge is 2.15. The minimum absolute atomic E-state index is 0.640. The van der Waals surface area contributed by atoms with Crippen molar-refractivity contribution < 1.29 is 8.42 Å². The maximum Gasteiger partial charge on any atom is 0.0570 e. The van der Waals surface area contributed by atoms with Gasteiger partial charge in [0.05, 0.1) is 17.1 Å². The van der Waals surface area contributed by atoms with Gasteiger partial charge in [0, 0.05) is 29.4 Å². The molecule has 0 N–H and O–H groups in total. The summed E-state index contributed by atoms with van der Waals surface area (Å²) in [6.45, 7) is 0. The monoisotopic (exact) mass is 342 g/mol. The van der Waals surface area contributed by atoms with Gasteiger partial charge in [-0.3, -0.25) is 8.42 Å². The lowest BCUT2D eigenvalue weighted by Gasteiger charge is -2.11. The van der Waals surface area contributed by atoms with Gasteiger partial charge in [-0.1, -0.05) is 36.4 Å². The van der Waals surface area contributed by atoms with E-state index in [9.17, 15) is 8.42 Å². The van der Waals surface area contributed by atoms with Crippen LogP contribution in [0.15, 0.2) is 70.5 Å². The normalized spacial score (nSPS) is 17.0. The molecule has 6 heteroatoms. The quantitative estimate of drug-likeness (QED) is 0.612. The largest absolute Gasteiger partial charge is 0.252 e. The lowest BCUT2D eigenvalue weighted by atomic mass is 10.4. The molecule has 0 heterocycles. The van der Waals surface area contributed by atoms with Crippen LogP contribution in [0, 0.1) is 0 Å². The van der Waals surface area contributed by atoms with Crippen LogP contribution in [0.25, 0.3) is 0 Å². The fraction of sp³-hybridized carbons (Fsp3) is 0. The van der Waals surface area contributed by atoms with Crippen molar-refractivity contribution in [1.29, 1.82) is 0 Å². The topological polar surface area (TPSA) is 34.1 Å². The number of hydrogen-bond donors (Lipinski definition) is 0. The van der Waals surface area contributed by atoms with Crippen molar-refractivity contribution in [2.75, 3.05) is 0 Å². The van der Waals surface area contributed by atoms with Gasteiger partial charge in [-0.2, -0.15) is 0 Å². The summed E-state index contributed by atoms with van der Waals surface area (Å²) < 4.78 is 25.1. The maximum atomic E-state index is 12.5. The predicted molar refractivity (Wildman–Crippen MR) is 95.1 cm³/mol. The van der Waals surface area contributed by atoms with Crippen molar-refractivity contribution in [2.45, 2.75) is 9.79 Å². The van der Waals surface area contributed by atoms with Crippen LogP contribution in [0.3, 0.4) is 0 Å². The number of rotatable bonds is 5. The van der Waals surface area contributed by atoms with E-state index in [4.69, 9.17) is 0 Å². The molecule has 2 rings (SSSR count). The second-order valence-corrected chi connectivity index (χ2v) is 14.2. The second kappa shape index (κ2) is 6.30. The Kier molecular flexibility index (Phi) is 4.90. The molecule has 2 unspecified atom stereocenters. The molecule has 0 spiro atoms. The predicted octanol–water partition coefficient (Wildman–Crippen LogP) is 3.75. The molecule has 0 amide bonds. The Morgan fingerprint density at radius 3 is 1.25 bits per heavy atom. The van der Waals surface area contributed by atoms with E-state index in [0.29, 0.717) is 9.79 Å². The van der Waals surface area contributed by atoms with Crippen LogP contribution in [0.5, 0.6) is 0 Å². The maximum absolute atomic E-state index is 12.5. The van der Waals surface area contributed by atoms with Gasteiger partial charge in [0.1, 0.15) is 0 Å². The first-order chi connectivity index (χ1) is 9.42. The van der Waals surface area contributed by atoms with E-state index in [0.717, 1.165) is 19.7 Å². The van der Waals surface area contributed by atoms with Crippen molar-refractivity contribution >= 4 is 48.5 Å². The molecule has 0 aliphatic rings. The summed E-state index contributed by atoms with van der Waals surface area (Å²) in [6, 6.07) is 18.0. The SMILES string of the molecule is C=S(=O)(SSS(=C)(=O)c1ccccc1)c1ccccc1. The molecule has 0 aromatic heterocycles. The summed E-state index contributed by atoms with van der Waals surface area (Å²) in [5.41, 5.74) is 0. The Bertz CT molecular complexity index is 695. The van der Waals surface area contributed by atoms with E-state index < -0.39 is 17.1 Å². The van der Waals surface area contributed by atoms with Crippen molar-refractivity contribution in [3.05, 3.63) is 60.7 Å². The van der Waals surface area contributed by atoms with Gasteiger partial charge in [-0.05, 0) is 36.0 Å². The minimum Gasteiger partial charge on any atom is -0.252 e. The Hall–Kier alpha value is -0.820. The zero-order valence-corrected chi connectivity index (χ0v) is 13.9. The lowest BCUT2D eigenvalue weighted by Crippen LogP contribution is -1.96. The fourth-order valence-electron chi connectivity index (χ4n) is 1.42. The smallest absolute Gasteiger partial charge is 0.0570 e. The lowest BCUT2D eigenvalue weighted by molar-refractivity contribution is 0.689. The molecule has 0 radical (unpaired) electrons. The Morgan fingerprint density at radius 1 is 0.650 bits per heavy atom. The molecule has 0 saturated carbocycles. The van der Waals surface area contributed by atoms with Crippen LogP contribution in [0.4, 0.5) is 0 Å². The van der Waals surface area contributed by atoms with Gasteiger partial charge in [0.2, 0.25) is 0 Å². The highest BCUT2D eigenvalue weighted by Crippen LogP contribution is 2.40. The van der Waals surface area contributed by atoms with Crippen LogP contribution in [-0.2, 0) is 17.1 Å². The molecular formula is C14H14O2S4. The van der Waals surface area contributed by atoms with Crippen LogP contribution < -0.4 is 0 Å². The van der Waals surface area contributed by atoms with Crippen LogP contribution >= 0.6 is 19.7 Å². The average molecular weight is 343 g/mol. The minimum atomic E-state index is -2.54. The van der Waals surface area contributed by atoms with Gasteiger partial charge in [-0.25, -0.2) is 0 Å². The van der Waals surface area contributed by atoms with Crippen LogP contribution in [0.1, 0.15) is 0 Å². The summed E-state index contributed by atoms with van der Waals surface area (Å²) in [5.74, 6) is 7.51. The molecule has 0 bridgehead atoms. The Labute approximate surface area is 127 Å². The third kappa shape index (κ3) is 3.85. The molecule has 20 heavy (non-hydrogen) atoms. The molecule has 0 saturated heterocycles. The van der Waals surface area contributed by atoms with Crippen LogP contribution in [-0.4, -0.2) is 20.2 Å². The van der Waals surface area contributed by atoms with E-state index in [1.165, 1.54) is 0 Å². The first kappa shape index (κ1) is 15.6. The van der Waals surface area contributed by atoms with Gasteiger partial charge in [0.25, 0.3) is 0 Å². The molecule has 0 aliphatic heterocycles. The van der Waals surface area contributed by atoms with Gasteiger partial charge < -0.3 is 0 Å². The first-order valence-electron chi connectivity index (χ1n) is 5.64. The molecule has 0 aliphatic carbocycles. The van der Waals surface area contributed by atoms with Crippen molar-refractivity contribution in [3.63, 3.8) is 0 Å². The van der Waals surface area contributed by atoms with E-state index in [-0.39, 0.29) is 0 Å². The standard InChI is InChI=1S/C14H14O2S4/c1-19(15,13-9-5-3-6-10-13)17-18-20(2,16)14-11-7-4-8-12-14/h3-12H,1-2H2. The summed E-state index contributed by atoms with van der Waals surface area (Å²) in [4.78, 5) is 1.28. The highest BCUT2D eigenvalue weighted by atomic mass is 33.7. The van der Waals surface area contributed by atoms with Crippen LogP contribution in [0.2, 0.25) is 0 Å². The molecule has 2 aromatic rings. The molecule has 106 valence electrons. The molecule has 2 atom stereocenters. The summed E-state index contributed by atoms with van der Waals surface area (Å²) in [6.07, 6.45) is 0. The van der Waals surface area contributed by atoms with E-state index in [2.05, 4.69) is 11.7 Å². The Morgan fingerprint density at radius 2 is 0.950 bits per heavy atom. The summed E-state index contributed by atoms with van der Waals surface area (Å²) in [7, 11) is -3.02. The van der Waals surface area contributed by atoms with Crippen molar-refractivity contribution in [2.24, 2.45) is 0 Å². The third-order valence-corrected chi connectivity index (χ3v) is 13.5. The molecule has 2 nitrogen and oxygen atoms in total. The average Bonchev–Trinajstić information content (AvgIpc) is 2.47. The zero-order chi connectivity index (χ0) is 14.6. The summed E-state index contributed by atoms with van der Waals surface area (Å²) in [5, 5.41) is 0.